The maximum atomic E-state index is 12.6. The van der Waals surface area contributed by atoms with E-state index in [2.05, 4.69) is 38.2 Å². The summed E-state index contributed by atoms with van der Waals surface area (Å²) in [6, 6.07) is 0. The Labute approximate surface area is 323 Å². The standard InChI is InChI=1S/C42H79O10P/c1-3-5-7-9-11-13-15-17-19-21-23-25-27-29-31-33-40(45)50-36-38(37-51-42(39(44)35-43)53(47,48)49)52-41(46)34-32-30-28-26-24-22-20-18-16-14-12-10-8-6-4-2/h17-20,38-39,42-44H,3-16,21-37H2,1-2H3,(H2,47,48,49)/b19-17+,20-18+/t38-,39?,42?/m1/s1. The van der Waals surface area contributed by atoms with Crippen LogP contribution in [0.5, 0.6) is 0 Å². The lowest BCUT2D eigenvalue weighted by Gasteiger charge is -2.25. The molecule has 0 saturated carbocycles. The second kappa shape index (κ2) is 37.4. The summed E-state index contributed by atoms with van der Waals surface area (Å²) in [5.41, 5.74) is 0. The van der Waals surface area contributed by atoms with E-state index in [1.54, 1.807) is 0 Å². The number of aliphatic hydroxyl groups is 2. The van der Waals surface area contributed by atoms with Crippen LogP contribution in [0.25, 0.3) is 0 Å². The van der Waals surface area contributed by atoms with Crippen molar-refractivity contribution in [3.63, 3.8) is 0 Å². The van der Waals surface area contributed by atoms with Crippen molar-refractivity contribution in [2.45, 2.75) is 212 Å². The molecule has 0 aromatic carbocycles. The summed E-state index contributed by atoms with van der Waals surface area (Å²) in [4.78, 5) is 44.2. The fraction of sp³-hybridized carbons (Fsp3) is 0.857. The molecule has 0 fully saturated rings. The Hall–Kier alpha value is -1.55. The SMILES string of the molecule is CCCCCCCC/C=C/CCCCCCCC(=O)OC[C@H](COC(C(O)CO)P(=O)(O)O)OC(=O)CCCCCCC/C=C/CCCCCCCC. The molecule has 0 rings (SSSR count). The number of ether oxygens (including phenoxy) is 3. The van der Waals surface area contributed by atoms with Crippen molar-refractivity contribution in [1.29, 1.82) is 0 Å². The van der Waals surface area contributed by atoms with Crippen molar-refractivity contribution in [2.75, 3.05) is 19.8 Å². The van der Waals surface area contributed by atoms with E-state index >= 15 is 0 Å². The molecule has 0 aromatic rings. The second-order valence-electron chi connectivity index (χ2n) is 14.5. The minimum atomic E-state index is -4.95. The quantitative estimate of drug-likeness (QED) is 0.0205. The van der Waals surface area contributed by atoms with E-state index in [0.717, 1.165) is 77.0 Å². The topological polar surface area (TPSA) is 160 Å². The molecule has 0 radical (unpaired) electrons. The molecule has 3 atom stereocenters. The molecule has 0 heterocycles. The van der Waals surface area contributed by atoms with Gasteiger partial charge in [-0.2, -0.15) is 0 Å². The molecule has 2 unspecified atom stereocenters. The average molecular weight is 775 g/mol. The first kappa shape index (κ1) is 51.5. The Morgan fingerprint density at radius 2 is 0.943 bits per heavy atom. The highest BCUT2D eigenvalue weighted by atomic mass is 31.2. The maximum absolute atomic E-state index is 12.6. The van der Waals surface area contributed by atoms with Gasteiger partial charge in [0, 0.05) is 12.8 Å². The van der Waals surface area contributed by atoms with Gasteiger partial charge < -0.3 is 34.2 Å². The Kier molecular flexibility index (Phi) is 36.3. The second-order valence-corrected chi connectivity index (χ2v) is 16.2. The molecule has 312 valence electrons. The van der Waals surface area contributed by atoms with E-state index in [4.69, 9.17) is 14.2 Å². The zero-order chi connectivity index (χ0) is 39.3. The summed E-state index contributed by atoms with van der Waals surface area (Å²) in [6.45, 7) is 2.68. The fourth-order valence-corrected chi connectivity index (χ4v) is 6.85. The van der Waals surface area contributed by atoms with Crippen LogP contribution in [0.1, 0.15) is 194 Å². The zero-order valence-corrected chi connectivity index (χ0v) is 34.5. The van der Waals surface area contributed by atoms with E-state index in [0.29, 0.717) is 12.8 Å². The molecule has 11 heteroatoms. The van der Waals surface area contributed by atoms with Gasteiger partial charge in [0.15, 0.2) is 11.9 Å². The third-order valence-electron chi connectivity index (χ3n) is 9.31. The van der Waals surface area contributed by atoms with Crippen LogP contribution in [0.15, 0.2) is 24.3 Å². The van der Waals surface area contributed by atoms with Crippen molar-refractivity contribution in [2.24, 2.45) is 0 Å². The summed E-state index contributed by atoms with van der Waals surface area (Å²) in [5, 5.41) is 19.1. The molecular weight excluding hydrogens is 695 g/mol. The highest BCUT2D eigenvalue weighted by molar-refractivity contribution is 7.52. The predicted octanol–water partition coefficient (Wildman–Crippen LogP) is 10.4. The van der Waals surface area contributed by atoms with Crippen LogP contribution < -0.4 is 0 Å². The Balaban J connectivity index is 4.40. The normalized spacial score (nSPS) is 13.8. The predicted molar refractivity (Wildman–Crippen MR) is 215 cm³/mol. The molecule has 0 aliphatic heterocycles. The van der Waals surface area contributed by atoms with Gasteiger partial charge >= 0.3 is 19.5 Å². The van der Waals surface area contributed by atoms with Crippen molar-refractivity contribution >= 4 is 19.5 Å². The van der Waals surface area contributed by atoms with Crippen LogP contribution in [-0.4, -0.2) is 69.8 Å². The largest absolute Gasteiger partial charge is 0.462 e. The first-order valence-electron chi connectivity index (χ1n) is 21.3. The molecule has 0 saturated heterocycles. The highest BCUT2D eigenvalue weighted by Gasteiger charge is 2.37. The molecule has 0 aliphatic rings. The van der Waals surface area contributed by atoms with Crippen molar-refractivity contribution < 1.29 is 48.4 Å². The lowest BCUT2D eigenvalue weighted by Crippen LogP contribution is -2.37. The van der Waals surface area contributed by atoms with Crippen LogP contribution in [0.4, 0.5) is 0 Å². The van der Waals surface area contributed by atoms with Crippen LogP contribution in [0.2, 0.25) is 0 Å². The number of unbranched alkanes of at least 4 members (excludes halogenated alkanes) is 22. The number of aliphatic hydroxyl groups excluding tert-OH is 2. The van der Waals surface area contributed by atoms with Crippen LogP contribution >= 0.6 is 7.60 Å². The molecular formula is C42H79O10P. The molecule has 0 bridgehead atoms. The van der Waals surface area contributed by atoms with Crippen LogP contribution in [0, 0.1) is 0 Å². The van der Waals surface area contributed by atoms with E-state index in [1.807, 2.05) is 0 Å². The minimum Gasteiger partial charge on any atom is -0.462 e. The molecule has 10 nitrogen and oxygen atoms in total. The third kappa shape index (κ3) is 34.7. The number of allylic oxidation sites excluding steroid dienone is 4. The number of hydrogen-bond acceptors (Lipinski definition) is 8. The first-order valence-corrected chi connectivity index (χ1v) is 22.9. The molecule has 53 heavy (non-hydrogen) atoms. The number of hydrogen-bond donors (Lipinski definition) is 4. The average Bonchev–Trinajstić information content (AvgIpc) is 3.13. The molecule has 0 aromatic heterocycles. The van der Waals surface area contributed by atoms with Gasteiger partial charge in [-0.1, -0.05) is 141 Å². The molecule has 4 N–H and O–H groups in total. The van der Waals surface area contributed by atoms with E-state index in [9.17, 15) is 34.2 Å². The Morgan fingerprint density at radius 3 is 1.34 bits per heavy atom. The Bertz CT molecular complexity index is 950. The lowest BCUT2D eigenvalue weighted by molar-refractivity contribution is -0.164. The summed E-state index contributed by atoms with van der Waals surface area (Å²) in [7, 11) is -4.95. The number of carbonyl (C=O) groups is 2. The molecule has 0 spiro atoms. The monoisotopic (exact) mass is 775 g/mol. The molecule has 0 amide bonds. The summed E-state index contributed by atoms with van der Waals surface area (Å²) < 4.78 is 27.9. The van der Waals surface area contributed by atoms with Gasteiger partial charge in [-0.05, 0) is 64.2 Å². The zero-order valence-electron chi connectivity index (χ0n) is 33.6. The Morgan fingerprint density at radius 1 is 0.566 bits per heavy atom. The van der Waals surface area contributed by atoms with E-state index < -0.39 is 50.8 Å². The number of rotatable bonds is 39. The third-order valence-corrected chi connectivity index (χ3v) is 10.5. The van der Waals surface area contributed by atoms with E-state index in [1.165, 1.54) is 77.0 Å². The van der Waals surface area contributed by atoms with Crippen molar-refractivity contribution in [3.8, 4) is 0 Å². The van der Waals surface area contributed by atoms with Gasteiger partial charge in [0.2, 0.25) is 0 Å². The van der Waals surface area contributed by atoms with Gasteiger partial charge in [0.05, 0.1) is 13.2 Å². The summed E-state index contributed by atoms with van der Waals surface area (Å²) >= 11 is 0. The fourth-order valence-electron chi connectivity index (χ4n) is 6.03. The van der Waals surface area contributed by atoms with Crippen molar-refractivity contribution in [1.82, 2.24) is 0 Å². The summed E-state index contributed by atoms with van der Waals surface area (Å²) in [5.74, 6) is -2.99. The number of carbonyl (C=O) groups excluding carboxylic acids is 2. The first-order chi connectivity index (χ1) is 25.6. The van der Waals surface area contributed by atoms with Gasteiger partial charge in [-0.25, -0.2) is 0 Å². The number of esters is 2. The lowest BCUT2D eigenvalue weighted by atomic mass is 10.1. The highest BCUT2D eigenvalue weighted by Crippen LogP contribution is 2.43. The van der Waals surface area contributed by atoms with Gasteiger partial charge in [-0.3, -0.25) is 14.2 Å². The smallest absolute Gasteiger partial charge is 0.356 e. The van der Waals surface area contributed by atoms with Crippen LogP contribution in [0.3, 0.4) is 0 Å². The maximum Gasteiger partial charge on any atom is 0.356 e. The van der Waals surface area contributed by atoms with Crippen molar-refractivity contribution in [3.05, 3.63) is 24.3 Å². The van der Waals surface area contributed by atoms with E-state index in [-0.39, 0.29) is 19.4 Å². The van der Waals surface area contributed by atoms with Gasteiger partial charge in [0.1, 0.15) is 12.7 Å². The molecule has 0 aliphatic carbocycles. The van der Waals surface area contributed by atoms with Crippen LogP contribution in [-0.2, 0) is 28.4 Å². The van der Waals surface area contributed by atoms with Gasteiger partial charge in [0.25, 0.3) is 0 Å². The summed E-state index contributed by atoms with van der Waals surface area (Å²) in [6.07, 6.45) is 36.3. The minimum absolute atomic E-state index is 0.151. The van der Waals surface area contributed by atoms with Gasteiger partial charge in [-0.15, -0.1) is 0 Å².